The molecule has 0 aromatic heterocycles. The zero-order chi connectivity index (χ0) is 16.7. The summed E-state index contributed by atoms with van der Waals surface area (Å²) in [5.74, 6) is 1.64. The monoisotopic (exact) mass is 355 g/mol. The molecule has 0 heterocycles. The molecule has 5 nitrogen and oxygen atoms in total. The number of rotatable bonds is 7. The van der Waals surface area contributed by atoms with E-state index in [2.05, 4.69) is 5.16 Å². The Morgan fingerprint density at radius 3 is 2.35 bits per heavy atom. The van der Waals surface area contributed by atoms with Gasteiger partial charge in [-0.2, -0.15) is 0 Å². The summed E-state index contributed by atoms with van der Waals surface area (Å²) in [4.78, 5) is 0. The number of ether oxygens (including phenoxy) is 3. The molecule has 0 atom stereocenters. The normalized spacial score (nSPS) is 10.7. The first-order valence-electron chi connectivity index (χ1n) is 6.70. The summed E-state index contributed by atoms with van der Waals surface area (Å²) in [7, 11) is 1.53. The van der Waals surface area contributed by atoms with Crippen LogP contribution in [0.5, 0.6) is 17.2 Å². The Morgan fingerprint density at radius 1 is 1.00 bits per heavy atom. The molecular weight excluding hydrogens is 341 g/mol. The highest BCUT2D eigenvalue weighted by Crippen LogP contribution is 2.29. The minimum absolute atomic E-state index is 0.308. The fraction of sp³-hybridized carbons (Fsp3) is 0.188. The maximum absolute atomic E-state index is 8.54. The van der Waals surface area contributed by atoms with Crippen LogP contribution in [0.3, 0.4) is 0 Å². The standard InChI is InChI=1S/C16H15Cl2NO4/c1-21-16-8-11(10-19-20)2-4-15(16)23-7-6-22-14-5-3-12(17)9-13(14)18/h2-5,8-10,20H,6-7H2,1H3. The van der Waals surface area contributed by atoms with Crippen LogP contribution in [-0.4, -0.2) is 31.7 Å². The second kappa shape index (κ2) is 8.50. The number of halogens is 2. The Bertz CT molecular complexity index is 692. The van der Waals surface area contributed by atoms with Crippen molar-refractivity contribution in [2.75, 3.05) is 20.3 Å². The first-order valence-corrected chi connectivity index (χ1v) is 7.45. The smallest absolute Gasteiger partial charge is 0.161 e. The van der Waals surface area contributed by atoms with Crippen molar-refractivity contribution in [1.29, 1.82) is 0 Å². The van der Waals surface area contributed by atoms with E-state index < -0.39 is 0 Å². The maximum Gasteiger partial charge on any atom is 0.161 e. The first kappa shape index (κ1) is 17.2. The predicted octanol–water partition coefficient (Wildman–Crippen LogP) is 4.27. The summed E-state index contributed by atoms with van der Waals surface area (Å²) < 4.78 is 16.4. The number of nitrogens with zero attached hydrogens (tertiary/aromatic N) is 1. The highest BCUT2D eigenvalue weighted by molar-refractivity contribution is 6.35. The highest BCUT2D eigenvalue weighted by Gasteiger charge is 2.06. The zero-order valence-corrected chi connectivity index (χ0v) is 13.8. The minimum atomic E-state index is 0.308. The van der Waals surface area contributed by atoms with Crippen molar-refractivity contribution in [3.8, 4) is 17.2 Å². The van der Waals surface area contributed by atoms with E-state index in [4.69, 9.17) is 42.6 Å². The molecule has 0 saturated heterocycles. The topological polar surface area (TPSA) is 60.3 Å². The number of benzene rings is 2. The van der Waals surface area contributed by atoms with Gasteiger partial charge in [-0.1, -0.05) is 28.4 Å². The van der Waals surface area contributed by atoms with Gasteiger partial charge >= 0.3 is 0 Å². The van der Waals surface area contributed by atoms with Gasteiger partial charge in [-0.15, -0.1) is 0 Å². The van der Waals surface area contributed by atoms with Gasteiger partial charge in [0, 0.05) is 10.6 Å². The van der Waals surface area contributed by atoms with Crippen molar-refractivity contribution in [2.45, 2.75) is 0 Å². The Balaban J connectivity index is 1.91. The van der Waals surface area contributed by atoms with Gasteiger partial charge in [0.15, 0.2) is 11.5 Å². The second-order valence-electron chi connectivity index (χ2n) is 4.43. The van der Waals surface area contributed by atoms with Crippen LogP contribution in [0.25, 0.3) is 0 Å². The van der Waals surface area contributed by atoms with Crippen LogP contribution in [0.2, 0.25) is 10.0 Å². The second-order valence-corrected chi connectivity index (χ2v) is 5.27. The minimum Gasteiger partial charge on any atom is -0.493 e. The SMILES string of the molecule is COc1cc(C=NO)ccc1OCCOc1ccc(Cl)cc1Cl. The molecule has 0 amide bonds. The summed E-state index contributed by atoms with van der Waals surface area (Å²) in [5.41, 5.74) is 0.695. The molecule has 0 aliphatic heterocycles. The van der Waals surface area contributed by atoms with Crippen LogP contribution in [0.15, 0.2) is 41.6 Å². The molecular formula is C16H15Cl2NO4. The molecule has 0 bridgehead atoms. The quantitative estimate of drug-likeness (QED) is 0.348. The van der Waals surface area contributed by atoms with Crippen molar-refractivity contribution < 1.29 is 19.4 Å². The molecule has 0 spiro atoms. The van der Waals surface area contributed by atoms with Gasteiger partial charge in [-0.25, -0.2) is 0 Å². The molecule has 23 heavy (non-hydrogen) atoms. The number of methoxy groups -OCH3 is 1. The van der Waals surface area contributed by atoms with E-state index in [1.165, 1.54) is 13.3 Å². The Morgan fingerprint density at radius 2 is 1.70 bits per heavy atom. The summed E-state index contributed by atoms with van der Waals surface area (Å²) in [6.45, 7) is 0.618. The molecule has 0 unspecified atom stereocenters. The molecule has 2 aromatic carbocycles. The fourth-order valence-electron chi connectivity index (χ4n) is 1.85. The molecule has 2 aromatic rings. The third-order valence-electron chi connectivity index (χ3n) is 2.89. The molecule has 0 radical (unpaired) electrons. The van der Waals surface area contributed by atoms with Gasteiger partial charge in [0.2, 0.25) is 0 Å². The fourth-order valence-corrected chi connectivity index (χ4v) is 2.31. The Kier molecular flexibility index (Phi) is 6.38. The molecule has 2 rings (SSSR count). The Labute approximate surface area is 144 Å². The maximum atomic E-state index is 8.54. The molecule has 7 heteroatoms. The number of hydrogen-bond donors (Lipinski definition) is 1. The van der Waals surface area contributed by atoms with Gasteiger partial charge in [-0.05, 0) is 36.4 Å². The highest BCUT2D eigenvalue weighted by atomic mass is 35.5. The van der Waals surface area contributed by atoms with Crippen molar-refractivity contribution in [1.82, 2.24) is 0 Å². The van der Waals surface area contributed by atoms with E-state index in [0.29, 0.717) is 46.1 Å². The predicted molar refractivity (Wildman–Crippen MR) is 89.8 cm³/mol. The lowest BCUT2D eigenvalue weighted by Gasteiger charge is -2.12. The number of oxime groups is 1. The van der Waals surface area contributed by atoms with Crippen LogP contribution >= 0.6 is 23.2 Å². The van der Waals surface area contributed by atoms with E-state index in [-0.39, 0.29) is 0 Å². The van der Waals surface area contributed by atoms with Crippen LogP contribution < -0.4 is 14.2 Å². The van der Waals surface area contributed by atoms with Gasteiger partial charge in [-0.3, -0.25) is 0 Å². The average molecular weight is 356 g/mol. The van der Waals surface area contributed by atoms with Crippen LogP contribution in [0.4, 0.5) is 0 Å². The lowest BCUT2D eigenvalue weighted by molar-refractivity contribution is 0.211. The van der Waals surface area contributed by atoms with Crippen molar-refractivity contribution in [2.24, 2.45) is 5.16 Å². The van der Waals surface area contributed by atoms with E-state index in [0.717, 1.165) is 0 Å². The Hall–Kier alpha value is -2.11. The van der Waals surface area contributed by atoms with E-state index in [1.54, 1.807) is 36.4 Å². The molecule has 0 saturated carbocycles. The first-order chi connectivity index (χ1) is 11.1. The molecule has 1 N–H and O–H groups in total. The third-order valence-corrected chi connectivity index (χ3v) is 3.42. The van der Waals surface area contributed by atoms with E-state index in [9.17, 15) is 0 Å². The van der Waals surface area contributed by atoms with Crippen LogP contribution in [0.1, 0.15) is 5.56 Å². The van der Waals surface area contributed by atoms with Gasteiger partial charge < -0.3 is 19.4 Å². The average Bonchev–Trinajstić information content (AvgIpc) is 2.54. The third kappa shape index (κ3) is 4.94. The summed E-state index contributed by atoms with van der Waals surface area (Å²) >= 11 is 11.8. The van der Waals surface area contributed by atoms with Gasteiger partial charge in [0.05, 0.1) is 18.3 Å². The molecule has 122 valence electrons. The van der Waals surface area contributed by atoms with Gasteiger partial charge in [0.1, 0.15) is 19.0 Å². The van der Waals surface area contributed by atoms with Crippen LogP contribution in [-0.2, 0) is 0 Å². The van der Waals surface area contributed by atoms with Crippen molar-refractivity contribution in [3.05, 3.63) is 52.0 Å². The molecule has 0 aliphatic rings. The number of hydrogen-bond acceptors (Lipinski definition) is 5. The lowest BCUT2D eigenvalue weighted by atomic mass is 10.2. The molecule has 0 fully saturated rings. The van der Waals surface area contributed by atoms with Gasteiger partial charge in [0.25, 0.3) is 0 Å². The van der Waals surface area contributed by atoms with Crippen LogP contribution in [0, 0.1) is 0 Å². The summed E-state index contributed by atoms with van der Waals surface area (Å²) in [6.07, 6.45) is 1.30. The van der Waals surface area contributed by atoms with Crippen molar-refractivity contribution in [3.63, 3.8) is 0 Å². The lowest BCUT2D eigenvalue weighted by Crippen LogP contribution is -2.09. The summed E-state index contributed by atoms with van der Waals surface area (Å²) in [6, 6.07) is 10.2. The largest absolute Gasteiger partial charge is 0.493 e. The van der Waals surface area contributed by atoms with E-state index >= 15 is 0 Å². The summed E-state index contributed by atoms with van der Waals surface area (Å²) in [5, 5.41) is 12.5. The van der Waals surface area contributed by atoms with Crippen molar-refractivity contribution >= 4 is 29.4 Å². The zero-order valence-electron chi connectivity index (χ0n) is 12.3. The molecule has 0 aliphatic carbocycles. The van der Waals surface area contributed by atoms with E-state index in [1.807, 2.05) is 0 Å².